The summed E-state index contributed by atoms with van der Waals surface area (Å²) in [4.78, 5) is 10.9. The van der Waals surface area contributed by atoms with E-state index in [1.807, 2.05) is 0 Å². The molecule has 0 saturated heterocycles. The van der Waals surface area contributed by atoms with Gasteiger partial charge in [-0.3, -0.25) is 4.79 Å². The van der Waals surface area contributed by atoms with Gasteiger partial charge in [-0.25, -0.2) is 4.39 Å². The lowest BCUT2D eigenvalue weighted by atomic mass is 10.1. The first kappa shape index (κ1) is 10.7. The van der Waals surface area contributed by atoms with Crippen molar-refractivity contribution >= 4 is 34.3 Å². The lowest BCUT2D eigenvalue weighted by Gasteiger charge is -2.09. The standard InChI is InChI=1S/C9H8BrFOS/c1-5(12)9(10)8-6(11)3-2-4-7(8)13/h2-4,9,13H,1H3. The summed E-state index contributed by atoms with van der Waals surface area (Å²) in [7, 11) is 0. The Kier molecular flexibility index (Phi) is 3.50. The molecule has 1 unspecified atom stereocenters. The van der Waals surface area contributed by atoms with Gasteiger partial charge in [0.25, 0.3) is 0 Å². The van der Waals surface area contributed by atoms with E-state index in [1.54, 1.807) is 12.1 Å². The maximum absolute atomic E-state index is 13.2. The first-order valence-corrected chi connectivity index (χ1v) is 5.02. The first-order chi connectivity index (χ1) is 6.04. The van der Waals surface area contributed by atoms with Crippen molar-refractivity contribution in [3.8, 4) is 0 Å². The van der Waals surface area contributed by atoms with Gasteiger partial charge in [0.15, 0.2) is 0 Å². The summed E-state index contributed by atoms with van der Waals surface area (Å²) < 4.78 is 13.2. The van der Waals surface area contributed by atoms with Crippen molar-refractivity contribution in [2.75, 3.05) is 0 Å². The number of carbonyl (C=O) groups excluding carboxylic acids is 1. The number of thiol groups is 1. The molecule has 0 saturated carbocycles. The van der Waals surface area contributed by atoms with Gasteiger partial charge in [0.2, 0.25) is 0 Å². The topological polar surface area (TPSA) is 17.1 Å². The summed E-state index contributed by atoms with van der Waals surface area (Å²) in [5.41, 5.74) is 0.304. The molecule has 0 aromatic heterocycles. The van der Waals surface area contributed by atoms with E-state index in [2.05, 4.69) is 28.6 Å². The molecule has 0 aliphatic carbocycles. The molecule has 1 rings (SSSR count). The Morgan fingerprint density at radius 1 is 1.62 bits per heavy atom. The van der Waals surface area contributed by atoms with Crippen LogP contribution in [0.5, 0.6) is 0 Å². The van der Waals surface area contributed by atoms with Crippen LogP contribution in [-0.2, 0) is 4.79 Å². The summed E-state index contributed by atoms with van der Waals surface area (Å²) in [5, 5.41) is 0. The Bertz CT molecular complexity index is 320. The monoisotopic (exact) mass is 262 g/mol. The van der Waals surface area contributed by atoms with Crippen molar-refractivity contribution in [2.24, 2.45) is 0 Å². The number of hydrogen-bond acceptors (Lipinski definition) is 2. The van der Waals surface area contributed by atoms with Crippen LogP contribution in [0.3, 0.4) is 0 Å². The van der Waals surface area contributed by atoms with Crippen molar-refractivity contribution in [3.05, 3.63) is 29.6 Å². The number of halogens is 2. The molecule has 0 fully saturated rings. The molecule has 0 aliphatic rings. The van der Waals surface area contributed by atoms with Crippen LogP contribution in [0.4, 0.5) is 4.39 Å². The maximum Gasteiger partial charge on any atom is 0.147 e. The van der Waals surface area contributed by atoms with Crippen molar-refractivity contribution in [1.29, 1.82) is 0 Å². The molecule has 0 N–H and O–H groups in total. The number of ketones is 1. The maximum atomic E-state index is 13.2. The zero-order valence-electron chi connectivity index (χ0n) is 6.92. The van der Waals surface area contributed by atoms with Crippen LogP contribution in [0.2, 0.25) is 0 Å². The third-order valence-corrected chi connectivity index (χ3v) is 3.13. The van der Waals surface area contributed by atoms with Gasteiger partial charge < -0.3 is 0 Å². The first-order valence-electron chi connectivity index (χ1n) is 3.66. The summed E-state index contributed by atoms with van der Waals surface area (Å²) in [6.07, 6.45) is 0. The fourth-order valence-corrected chi connectivity index (χ4v) is 1.94. The van der Waals surface area contributed by atoms with Gasteiger partial charge in [-0.2, -0.15) is 0 Å². The van der Waals surface area contributed by atoms with E-state index in [4.69, 9.17) is 0 Å². The van der Waals surface area contributed by atoms with Crippen molar-refractivity contribution < 1.29 is 9.18 Å². The van der Waals surface area contributed by atoms with E-state index in [-0.39, 0.29) is 5.78 Å². The van der Waals surface area contributed by atoms with Gasteiger partial charge in [0.1, 0.15) is 16.4 Å². The largest absolute Gasteiger partial charge is 0.298 e. The molecule has 0 heterocycles. The Hall–Kier alpha value is -0.350. The van der Waals surface area contributed by atoms with Crippen LogP contribution in [-0.4, -0.2) is 5.78 Å². The molecule has 0 radical (unpaired) electrons. The number of carbonyl (C=O) groups is 1. The van der Waals surface area contributed by atoms with Gasteiger partial charge >= 0.3 is 0 Å². The molecule has 0 amide bonds. The van der Waals surface area contributed by atoms with Crippen LogP contribution < -0.4 is 0 Å². The molecule has 1 atom stereocenters. The third kappa shape index (κ3) is 2.31. The predicted octanol–water partition coefficient (Wildman–Crippen LogP) is 3.14. The molecule has 0 spiro atoms. The minimum Gasteiger partial charge on any atom is -0.298 e. The highest BCUT2D eigenvalue weighted by Gasteiger charge is 2.19. The van der Waals surface area contributed by atoms with E-state index in [1.165, 1.54) is 13.0 Å². The fraction of sp³-hybridized carbons (Fsp3) is 0.222. The van der Waals surface area contributed by atoms with E-state index < -0.39 is 10.6 Å². The van der Waals surface area contributed by atoms with Crippen LogP contribution >= 0.6 is 28.6 Å². The predicted molar refractivity (Wildman–Crippen MR) is 56.0 cm³/mol. The molecule has 1 aromatic rings. The Balaban J connectivity index is 3.20. The third-order valence-electron chi connectivity index (χ3n) is 1.64. The summed E-state index contributed by atoms with van der Waals surface area (Å²) in [6.45, 7) is 1.40. The SMILES string of the molecule is CC(=O)C(Br)c1c(F)cccc1S. The van der Waals surface area contributed by atoms with Crippen LogP contribution in [0.1, 0.15) is 17.3 Å². The quantitative estimate of drug-likeness (QED) is 0.640. The van der Waals surface area contributed by atoms with Crippen molar-refractivity contribution in [3.63, 3.8) is 0 Å². The lowest BCUT2D eigenvalue weighted by molar-refractivity contribution is -0.116. The molecular weight excluding hydrogens is 255 g/mol. The molecule has 0 aliphatic heterocycles. The van der Waals surface area contributed by atoms with Crippen LogP contribution in [0.15, 0.2) is 23.1 Å². The molecule has 1 nitrogen and oxygen atoms in total. The molecule has 4 heteroatoms. The second-order valence-electron chi connectivity index (χ2n) is 2.65. The van der Waals surface area contributed by atoms with Gasteiger partial charge in [0, 0.05) is 10.5 Å². The van der Waals surface area contributed by atoms with E-state index in [0.29, 0.717) is 10.5 Å². The minimum atomic E-state index is -0.610. The smallest absolute Gasteiger partial charge is 0.147 e. The Labute approximate surface area is 89.9 Å². The average Bonchev–Trinajstić information content (AvgIpc) is 2.03. The number of hydrogen-bond donors (Lipinski definition) is 1. The summed E-state index contributed by atoms with van der Waals surface area (Å²) >= 11 is 7.19. The van der Waals surface area contributed by atoms with Gasteiger partial charge in [-0.05, 0) is 19.1 Å². The van der Waals surface area contributed by atoms with Crippen LogP contribution in [0.25, 0.3) is 0 Å². The highest BCUT2D eigenvalue weighted by atomic mass is 79.9. The number of Topliss-reactive ketones (excluding diaryl/α,β-unsaturated/α-hetero) is 1. The zero-order valence-corrected chi connectivity index (χ0v) is 9.40. The number of rotatable bonds is 2. The van der Waals surface area contributed by atoms with Crippen molar-refractivity contribution in [2.45, 2.75) is 16.6 Å². The molecular formula is C9H8BrFOS. The number of benzene rings is 1. The molecule has 70 valence electrons. The van der Waals surface area contributed by atoms with E-state index in [0.717, 1.165) is 0 Å². The average molecular weight is 263 g/mol. The van der Waals surface area contributed by atoms with Gasteiger partial charge in [0.05, 0.1) is 0 Å². The second-order valence-corrected chi connectivity index (χ2v) is 4.04. The summed E-state index contributed by atoms with van der Waals surface area (Å²) in [5.74, 6) is -0.551. The van der Waals surface area contributed by atoms with Crippen LogP contribution in [0, 0.1) is 5.82 Å². The number of alkyl halides is 1. The Morgan fingerprint density at radius 2 is 2.23 bits per heavy atom. The van der Waals surface area contributed by atoms with Gasteiger partial charge in [-0.15, -0.1) is 12.6 Å². The van der Waals surface area contributed by atoms with Gasteiger partial charge in [-0.1, -0.05) is 22.0 Å². The second kappa shape index (κ2) is 4.24. The molecule has 0 bridgehead atoms. The Morgan fingerprint density at radius 3 is 2.69 bits per heavy atom. The molecule has 1 aromatic carbocycles. The van der Waals surface area contributed by atoms with E-state index in [9.17, 15) is 9.18 Å². The highest BCUT2D eigenvalue weighted by Crippen LogP contribution is 2.31. The molecule has 13 heavy (non-hydrogen) atoms. The lowest BCUT2D eigenvalue weighted by Crippen LogP contribution is -2.04. The fourth-order valence-electron chi connectivity index (χ4n) is 0.980. The highest BCUT2D eigenvalue weighted by molar-refractivity contribution is 9.09. The minimum absolute atomic E-state index is 0.139. The summed E-state index contributed by atoms with van der Waals surface area (Å²) in [6, 6.07) is 4.52. The van der Waals surface area contributed by atoms with E-state index >= 15 is 0 Å². The zero-order chi connectivity index (χ0) is 10.0. The normalized spacial score (nSPS) is 12.6. The van der Waals surface area contributed by atoms with Crippen molar-refractivity contribution in [1.82, 2.24) is 0 Å².